The fraction of sp³-hybridized carbons (Fsp3) is 0. The Bertz CT molecular complexity index is 216. The van der Waals surface area contributed by atoms with Crippen LogP contribution >= 0.6 is 0 Å². The third kappa shape index (κ3) is 1.98. The molecule has 0 aliphatic heterocycles. The summed E-state index contributed by atoms with van der Waals surface area (Å²) in [7, 11) is 0. The maximum absolute atomic E-state index is 3.69. The van der Waals surface area contributed by atoms with Crippen molar-refractivity contribution in [2.45, 2.75) is 0 Å². The van der Waals surface area contributed by atoms with Crippen LogP contribution in [0.2, 0.25) is 0 Å². The molecule has 0 bridgehead atoms. The summed E-state index contributed by atoms with van der Waals surface area (Å²) in [5.41, 5.74) is 1.22. The molecule has 1 aromatic rings. The summed E-state index contributed by atoms with van der Waals surface area (Å²) in [4.78, 5) is 0. The van der Waals surface area contributed by atoms with Crippen LogP contribution in [0.4, 0.5) is 0 Å². The normalized spacial score (nSPS) is 9.11. The molecule has 0 N–H and O–H groups in total. The van der Waals surface area contributed by atoms with Crippen LogP contribution in [0, 0.1) is 0 Å². The second-order valence-corrected chi connectivity index (χ2v) is 3.27. The summed E-state index contributed by atoms with van der Waals surface area (Å²) < 4.78 is 1.42. The molecule has 0 spiro atoms. The fourth-order valence-electron chi connectivity index (χ4n) is 0.797. The zero-order valence-electron chi connectivity index (χ0n) is 5.59. The van der Waals surface area contributed by atoms with E-state index >= 15 is 0 Å². The van der Waals surface area contributed by atoms with Gasteiger partial charge >= 0.3 is 73.2 Å². The van der Waals surface area contributed by atoms with Crippen molar-refractivity contribution < 1.29 is 0 Å². The van der Waals surface area contributed by atoms with Gasteiger partial charge in [0.05, 0.1) is 0 Å². The topological polar surface area (TPSA) is 0 Å². The monoisotopic (exact) mass is 126 g/mol. The molecule has 0 saturated heterocycles. The summed E-state index contributed by atoms with van der Waals surface area (Å²) in [6.07, 6.45) is 1.88. The Hall–Kier alpha value is -0.0400. The van der Waals surface area contributed by atoms with Gasteiger partial charge in [0.2, 0.25) is 0 Å². The number of rotatable bonds is 1. The molecule has 1 aromatic carbocycles. The Morgan fingerprint density at radius 1 is 1.44 bits per heavy atom. The van der Waals surface area contributed by atoms with Crippen LogP contribution in [0.25, 0.3) is 6.08 Å². The Morgan fingerprint density at radius 2 is 2.22 bits per heavy atom. The van der Waals surface area contributed by atoms with Crippen molar-refractivity contribution in [2.24, 2.45) is 0 Å². The Kier molecular flexibility index (Phi) is 2.52. The number of hydrogen-bond donors (Lipinski definition) is 0. The first-order valence-electron chi connectivity index (χ1n) is 3.02. The van der Waals surface area contributed by atoms with Crippen LogP contribution in [-0.2, 0) is 0 Å². The SMILES string of the molecule is C=Cc1ccc[c]([Na])c1. The minimum absolute atomic E-state index is 1.13. The number of hydrogen-bond acceptors (Lipinski definition) is 0. The van der Waals surface area contributed by atoms with Crippen molar-refractivity contribution in [3.8, 4) is 0 Å². The average molecular weight is 126 g/mol. The Balaban J connectivity index is 3.07. The van der Waals surface area contributed by atoms with Crippen LogP contribution in [-0.4, -0.2) is 27.9 Å². The van der Waals surface area contributed by atoms with E-state index in [-0.39, 0.29) is 0 Å². The third-order valence-electron chi connectivity index (χ3n) is 1.28. The molecule has 0 heterocycles. The van der Waals surface area contributed by atoms with E-state index in [1.807, 2.05) is 6.08 Å². The standard InChI is InChI=1S/C8H7.Na/c1-2-8-6-4-3-5-7-8;/h2-4,6-7H,1H2;. The predicted octanol–water partition coefficient (Wildman–Crippen LogP) is 1.12. The van der Waals surface area contributed by atoms with E-state index in [4.69, 9.17) is 0 Å². The zero-order chi connectivity index (χ0) is 6.69. The van der Waals surface area contributed by atoms with E-state index in [2.05, 4.69) is 30.8 Å². The van der Waals surface area contributed by atoms with Gasteiger partial charge in [0.1, 0.15) is 0 Å². The molecular weight excluding hydrogens is 119 g/mol. The van der Waals surface area contributed by atoms with Gasteiger partial charge in [0.15, 0.2) is 0 Å². The fourth-order valence-corrected chi connectivity index (χ4v) is 1.32. The molecular formula is C8H7Na. The van der Waals surface area contributed by atoms with Crippen LogP contribution in [0.1, 0.15) is 5.56 Å². The van der Waals surface area contributed by atoms with E-state index in [9.17, 15) is 0 Å². The molecule has 0 aliphatic rings. The molecule has 0 nitrogen and oxygen atoms in total. The van der Waals surface area contributed by atoms with E-state index < -0.39 is 0 Å². The molecule has 0 unspecified atom stereocenters. The second kappa shape index (κ2) is 3.21. The first kappa shape index (κ1) is 7.07. The van der Waals surface area contributed by atoms with Crippen molar-refractivity contribution in [1.29, 1.82) is 0 Å². The van der Waals surface area contributed by atoms with Gasteiger partial charge in [-0.25, -0.2) is 0 Å². The minimum atomic E-state index is 1.13. The van der Waals surface area contributed by atoms with E-state index in [1.54, 1.807) is 0 Å². The van der Waals surface area contributed by atoms with Gasteiger partial charge in [-0.3, -0.25) is 0 Å². The summed E-state index contributed by atoms with van der Waals surface area (Å²) in [5.74, 6) is 0. The molecule has 1 heteroatoms. The molecule has 0 radical (unpaired) electrons. The van der Waals surface area contributed by atoms with E-state index in [1.165, 1.54) is 8.38 Å². The quantitative estimate of drug-likeness (QED) is 0.495. The Labute approximate surface area is 73.0 Å². The molecule has 0 aliphatic carbocycles. The van der Waals surface area contributed by atoms with Crippen molar-refractivity contribution >= 4 is 36.8 Å². The zero-order valence-corrected chi connectivity index (χ0v) is 7.59. The first-order valence-corrected chi connectivity index (χ1v) is 4.02. The van der Waals surface area contributed by atoms with Crippen LogP contribution in [0.5, 0.6) is 0 Å². The van der Waals surface area contributed by atoms with Gasteiger partial charge in [0.25, 0.3) is 0 Å². The van der Waals surface area contributed by atoms with Crippen LogP contribution < -0.4 is 2.81 Å². The predicted molar refractivity (Wildman–Crippen MR) is 41.9 cm³/mol. The molecule has 0 amide bonds. The molecule has 0 aromatic heterocycles. The van der Waals surface area contributed by atoms with Crippen molar-refractivity contribution in [3.63, 3.8) is 0 Å². The van der Waals surface area contributed by atoms with Gasteiger partial charge in [-0.05, 0) is 0 Å². The third-order valence-corrected chi connectivity index (χ3v) is 1.90. The molecule has 0 atom stereocenters. The van der Waals surface area contributed by atoms with E-state index in [0.29, 0.717) is 0 Å². The summed E-state index contributed by atoms with van der Waals surface area (Å²) >= 11 is 1.13. The summed E-state index contributed by atoms with van der Waals surface area (Å²) in [5, 5.41) is 0. The van der Waals surface area contributed by atoms with Crippen molar-refractivity contribution in [3.05, 3.63) is 36.4 Å². The average Bonchev–Trinajstić information content (AvgIpc) is 1.88. The molecule has 0 saturated carbocycles. The first-order chi connectivity index (χ1) is 4.33. The summed E-state index contributed by atoms with van der Waals surface area (Å²) in [6.45, 7) is 3.69. The molecule has 9 heavy (non-hydrogen) atoms. The molecule has 0 fully saturated rings. The van der Waals surface area contributed by atoms with Gasteiger partial charge in [-0.2, -0.15) is 0 Å². The van der Waals surface area contributed by atoms with E-state index in [0.717, 1.165) is 27.9 Å². The molecule has 1 rings (SSSR count). The van der Waals surface area contributed by atoms with Crippen LogP contribution in [0.3, 0.4) is 0 Å². The van der Waals surface area contributed by atoms with Crippen molar-refractivity contribution in [2.75, 3.05) is 0 Å². The van der Waals surface area contributed by atoms with Gasteiger partial charge in [0, 0.05) is 0 Å². The van der Waals surface area contributed by atoms with Gasteiger partial charge in [-0.1, -0.05) is 0 Å². The number of benzene rings is 1. The van der Waals surface area contributed by atoms with Crippen molar-refractivity contribution in [1.82, 2.24) is 0 Å². The van der Waals surface area contributed by atoms with Gasteiger partial charge < -0.3 is 0 Å². The van der Waals surface area contributed by atoms with Crippen LogP contribution in [0.15, 0.2) is 30.8 Å². The summed E-state index contributed by atoms with van der Waals surface area (Å²) in [6, 6.07) is 8.44. The molecule has 40 valence electrons. The van der Waals surface area contributed by atoms with Gasteiger partial charge in [-0.15, -0.1) is 0 Å². The second-order valence-electron chi connectivity index (χ2n) is 2.12. The maximum atomic E-state index is 3.69. The Morgan fingerprint density at radius 3 is 2.67 bits per heavy atom.